The Bertz CT molecular complexity index is 440. The topological polar surface area (TPSA) is 72.2 Å². The Labute approximate surface area is 106 Å². The van der Waals surface area contributed by atoms with E-state index in [0.717, 1.165) is 6.42 Å². The first-order valence-electron chi connectivity index (χ1n) is 5.88. The molecule has 1 aromatic heterocycles. The van der Waals surface area contributed by atoms with Crippen LogP contribution in [0.5, 0.6) is 5.75 Å². The number of hydrogen-bond donors (Lipinski definition) is 0. The lowest BCUT2D eigenvalue weighted by Crippen LogP contribution is -2.17. The number of carbonyl (C=O) groups is 1. The maximum atomic E-state index is 11.7. The van der Waals surface area contributed by atoms with E-state index in [-0.39, 0.29) is 6.61 Å². The highest BCUT2D eigenvalue weighted by atomic mass is 16.5. The molecule has 0 fully saturated rings. The molecule has 1 atom stereocenters. The van der Waals surface area contributed by atoms with Crippen LogP contribution in [0.15, 0.2) is 18.3 Å². The first-order valence-corrected chi connectivity index (χ1v) is 5.88. The summed E-state index contributed by atoms with van der Waals surface area (Å²) in [5, 5.41) is 9.08. The highest BCUT2D eigenvalue weighted by Gasteiger charge is 2.26. The molecule has 18 heavy (non-hydrogen) atoms. The van der Waals surface area contributed by atoms with Crippen LogP contribution in [-0.4, -0.2) is 24.2 Å². The second kappa shape index (κ2) is 7.28. The Kier molecular flexibility index (Phi) is 5.65. The molecule has 5 nitrogen and oxygen atoms in total. The molecule has 1 aromatic rings. The fourth-order valence-corrected chi connectivity index (χ4v) is 1.40. The van der Waals surface area contributed by atoms with Crippen LogP contribution in [0.25, 0.3) is 0 Å². The van der Waals surface area contributed by atoms with E-state index in [1.165, 1.54) is 6.20 Å². The third-order valence-electron chi connectivity index (χ3n) is 2.19. The van der Waals surface area contributed by atoms with E-state index in [1.807, 2.05) is 13.0 Å². The van der Waals surface area contributed by atoms with Crippen LogP contribution in [0.1, 0.15) is 31.9 Å². The van der Waals surface area contributed by atoms with E-state index >= 15 is 0 Å². The van der Waals surface area contributed by atoms with Gasteiger partial charge in [-0.25, -0.2) is 0 Å². The average Bonchev–Trinajstić information content (AvgIpc) is 2.39. The summed E-state index contributed by atoms with van der Waals surface area (Å²) >= 11 is 0. The van der Waals surface area contributed by atoms with E-state index in [9.17, 15) is 4.79 Å². The summed E-state index contributed by atoms with van der Waals surface area (Å²) in [5.74, 6) is -1.18. The normalized spacial score (nSPS) is 11.4. The van der Waals surface area contributed by atoms with E-state index < -0.39 is 11.9 Å². The number of carbonyl (C=O) groups excluding carboxylic acids is 1. The summed E-state index contributed by atoms with van der Waals surface area (Å²) in [5.41, 5.74) is 0.312. The molecule has 0 aromatic carbocycles. The minimum absolute atomic E-state index is 0.231. The third kappa shape index (κ3) is 3.45. The molecule has 0 amide bonds. The smallest absolute Gasteiger partial charge is 0.329 e. The first kappa shape index (κ1) is 14.0. The zero-order valence-corrected chi connectivity index (χ0v) is 10.5. The van der Waals surface area contributed by atoms with E-state index in [0.29, 0.717) is 18.1 Å². The number of esters is 1. The van der Waals surface area contributed by atoms with E-state index in [4.69, 9.17) is 14.7 Å². The van der Waals surface area contributed by atoms with Gasteiger partial charge in [-0.3, -0.25) is 9.78 Å². The molecule has 0 bridgehead atoms. The standard InChI is InChI=1S/C13H16N2O3/c1-3-8-18-11-6-5-7-15-12(11)10(9-14)13(16)17-4-2/h5-7,10H,3-4,8H2,1-2H3. The van der Waals surface area contributed by atoms with Gasteiger partial charge in [0.15, 0.2) is 5.92 Å². The molecule has 0 radical (unpaired) electrons. The molecule has 96 valence electrons. The van der Waals surface area contributed by atoms with Crippen molar-refractivity contribution in [3.8, 4) is 11.8 Å². The van der Waals surface area contributed by atoms with Gasteiger partial charge in [0.2, 0.25) is 0 Å². The Morgan fingerprint density at radius 1 is 1.56 bits per heavy atom. The van der Waals surface area contributed by atoms with Gasteiger partial charge in [-0.15, -0.1) is 0 Å². The minimum atomic E-state index is -1.04. The van der Waals surface area contributed by atoms with Crippen LogP contribution < -0.4 is 4.74 Å². The quantitative estimate of drug-likeness (QED) is 0.720. The van der Waals surface area contributed by atoms with Crippen molar-refractivity contribution in [2.45, 2.75) is 26.2 Å². The van der Waals surface area contributed by atoms with Gasteiger partial charge in [0.25, 0.3) is 0 Å². The molecular weight excluding hydrogens is 232 g/mol. The predicted molar refractivity (Wildman–Crippen MR) is 65.0 cm³/mol. The number of nitrogens with zero attached hydrogens (tertiary/aromatic N) is 2. The molecule has 0 aliphatic heterocycles. The lowest BCUT2D eigenvalue weighted by atomic mass is 10.1. The third-order valence-corrected chi connectivity index (χ3v) is 2.19. The highest BCUT2D eigenvalue weighted by Crippen LogP contribution is 2.25. The van der Waals surface area contributed by atoms with Gasteiger partial charge in [0, 0.05) is 6.20 Å². The van der Waals surface area contributed by atoms with Crippen molar-refractivity contribution in [3.63, 3.8) is 0 Å². The zero-order chi connectivity index (χ0) is 13.4. The van der Waals surface area contributed by atoms with Crippen LogP contribution >= 0.6 is 0 Å². The van der Waals surface area contributed by atoms with Crippen molar-refractivity contribution in [1.29, 1.82) is 5.26 Å². The number of rotatable bonds is 6. The second-order valence-electron chi connectivity index (χ2n) is 3.55. The van der Waals surface area contributed by atoms with Gasteiger partial charge < -0.3 is 9.47 Å². The Hall–Kier alpha value is -2.09. The highest BCUT2D eigenvalue weighted by molar-refractivity contribution is 5.81. The zero-order valence-electron chi connectivity index (χ0n) is 10.5. The average molecular weight is 248 g/mol. The Morgan fingerprint density at radius 3 is 2.94 bits per heavy atom. The maximum Gasteiger partial charge on any atom is 0.329 e. The molecule has 0 N–H and O–H groups in total. The minimum Gasteiger partial charge on any atom is -0.492 e. The van der Waals surface area contributed by atoms with E-state index in [1.54, 1.807) is 19.1 Å². The number of nitriles is 1. The molecule has 1 rings (SSSR count). The number of ether oxygens (including phenoxy) is 2. The van der Waals surface area contributed by atoms with Gasteiger partial charge in [0.05, 0.1) is 19.3 Å². The van der Waals surface area contributed by atoms with Gasteiger partial charge in [-0.1, -0.05) is 6.92 Å². The number of hydrogen-bond acceptors (Lipinski definition) is 5. The summed E-state index contributed by atoms with van der Waals surface area (Å²) in [6.07, 6.45) is 2.36. The molecule has 0 saturated carbocycles. The summed E-state index contributed by atoms with van der Waals surface area (Å²) in [6, 6.07) is 5.30. The van der Waals surface area contributed by atoms with Crippen molar-refractivity contribution in [2.75, 3.05) is 13.2 Å². The van der Waals surface area contributed by atoms with Crippen molar-refractivity contribution < 1.29 is 14.3 Å². The van der Waals surface area contributed by atoms with Crippen LogP contribution in [0.4, 0.5) is 0 Å². The summed E-state index contributed by atoms with van der Waals surface area (Å²) in [4.78, 5) is 15.7. The Morgan fingerprint density at radius 2 is 2.33 bits per heavy atom. The monoisotopic (exact) mass is 248 g/mol. The summed E-state index contributed by atoms with van der Waals surface area (Å²) in [7, 11) is 0. The molecule has 0 saturated heterocycles. The van der Waals surface area contributed by atoms with Crippen LogP contribution in [0.3, 0.4) is 0 Å². The largest absolute Gasteiger partial charge is 0.492 e. The number of aromatic nitrogens is 1. The summed E-state index contributed by atoms with van der Waals surface area (Å²) < 4.78 is 10.3. The lowest BCUT2D eigenvalue weighted by molar-refractivity contribution is -0.143. The van der Waals surface area contributed by atoms with Crippen LogP contribution in [0.2, 0.25) is 0 Å². The molecule has 0 aliphatic rings. The van der Waals surface area contributed by atoms with Crippen LogP contribution in [0, 0.1) is 11.3 Å². The molecule has 1 heterocycles. The Balaban J connectivity index is 2.98. The first-order chi connectivity index (χ1) is 8.74. The predicted octanol–water partition coefficient (Wildman–Crippen LogP) is 2.04. The van der Waals surface area contributed by atoms with Crippen molar-refractivity contribution in [3.05, 3.63) is 24.0 Å². The molecule has 1 unspecified atom stereocenters. The fourth-order valence-electron chi connectivity index (χ4n) is 1.40. The van der Waals surface area contributed by atoms with Crippen LogP contribution in [-0.2, 0) is 9.53 Å². The van der Waals surface area contributed by atoms with Crippen molar-refractivity contribution in [2.24, 2.45) is 0 Å². The summed E-state index contributed by atoms with van der Waals surface area (Å²) in [6.45, 7) is 4.41. The molecule has 0 spiro atoms. The van der Waals surface area contributed by atoms with Crippen molar-refractivity contribution >= 4 is 5.97 Å². The fraction of sp³-hybridized carbons (Fsp3) is 0.462. The van der Waals surface area contributed by atoms with E-state index in [2.05, 4.69) is 4.98 Å². The SMILES string of the molecule is CCCOc1cccnc1C(C#N)C(=O)OCC. The second-order valence-corrected chi connectivity index (χ2v) is 3.55. The molecular formula is C13H16N2O3. The van der Waals surface area contributed by atoms with Gasteiger partial charge in [0.1, 0.15) is 11.4 Å². The van der Waals surface area contributed by atoms with Gasteiger partial charge in [-0.2, -0.15) is 5.26 Å². The maximum absolute atomic E-state index is 11.7. The lowest BCUT2D eigenvalue weighted by Gasteiger charge is -2.12. The number of pyridine rings is 1. The molecule has 0 aliphatic carbocycles. The van der Waals surface area contributed by atoms with Gasteiger partial charge >= 0.3 is 5.97 Å². The van der Waals surface area contributed by atoms with Gasteiger partial charge in [-0.05, 0) is 25.5 Å². The van der Waals surface area contributed by atoms with Crippen molar-refractivity contribution in [1.82, 2.24) is 4.98 Å². The molecule has 5 heteroatoms.